The van der Waals surface area contributed by atoms with Gasteiger partial charge in [0.1, 0.15) is 22.9 Å². The Bertz CT molecular complexity index is 1420. The van der Waals surface area contributed by atoms with Gasteiger partial charge in [0.15, 0.2) is 0 Å². The molecule has 4 aromatic rings. The summed E-state index contributed by atoms with van der Waals surface area (Å²) in [6, 6.07) is 5.07. The van der Waals surface area contributed by atoms with Crippen molar-refractivity contribution in [3.05, 3.63) is 65.4 Å². The minimum absolute atomic E-state index is 0.0551. The first-order valence-electron chi connectivity index (χ1n) is 9.97. The average Bonchev–Trinajstić information content (AvgIpc) is 3.27. The molecule has 1 atom stereocenters. The van der Waals surface area contributed by atoms with Gasteiger partial charge in [0.05, 0.1) is 47.3 Å². The molecule has 33 heavy (non-hydrogen) atoms. The van der Waals surface area contributed by atoms with Gasteiger partial charge in [-0.05, 0) is 18.2 Å². The molecular formula is C22H17F4N5O2. The predicted molar refractivity (Wildman–Crippen MR) is 111 cm³/mol. The van der Waals surface area contributed by atoms with Crippen molar-refractivity contribution in [2.75, 3.05) is 19.4 Å². The first kappa shape index (κ1) is 21.0. The van der Waals surface area contributed by atoms with Crippen LogP contribution < -0.4 is 10.5 Å². The van der Waals surface area contributed by atoms with Crippen molar-refractivity contribution in [3.8, 4) is 5.75 Å². The molecule has 0 bridgehead atoms. The molecule has 0 spiro atoms. The number of fused-ring (bicyclic) bond motifs is 4. The van der Waals surface area contributed by atoms with E-state index in [4.69, 9.17) is 10.5 Å². The molecule has 2 aromatic heterocycles. The van der Waals surface area contributed by atoms with E-state index in [0.29, 0.717) is 23.0 Å². The van der Waals surface area contributed by atoms with Crippen LogP contribution in [0.2, 0.25) is 0 Å². The van der Waals surface area contributed by atoms with Crippen LogP contribution in [0.25, 0.3) is 16.6 Å². The van der Waals surface area contributed by atoms with Crippen LogP contribution in [0.4, 0.5) is 23.4 Å². The van der Waals surface area contributed by atoms with Gasteiger partial charge >= 0.3 is 6.18 Å². The van der Waals surface area contributed by atoms with Crippen LogP contribution in [-0.2, 0) is 6.18 Å². The second-order valence-corrected chi connectivity index (χ2v) is 7.79. The van der Waals surface area contributed by atoms with Gasteiger partial charge in [-0.2, -0.15) is 13.2 Å². The number of nitrogens with zero attached hydrogens (tertiary/aromatic N) is 4. The Labute approximate surface area is 184 Å². The van der Waals surface area contributed by atoms with Crippen LogP contribution in [0.15, 0.2) is 42.9 Å². The molecule has 2 N–H and O–H groups in total. The first-order valence-corrected chi connectivity index (χ1v) is 9.97. The maximum absolute atomic E-state index is 14.9. The normalized spacial score (nSPS) is 16.0. The fourth-order valence-corrected chi connectivity index (χ4v) is 4.14. The highest BCUT2D eigenvalue weighted by Crippen LogP contribution is 2.40. The van der Waals surface area contributed by atoms with Gasteiger partial charge in [0.2, 0.25) is 0 Å². The topological polar surface area (TPSA) is 85.8 Å². The predicted octanol–water partition coefficient (Wildman–Crippen LogP) is 4.22. The van der Waals surface area contributed by atoms with E-state index in [9.17, 15) is 22.4 Å². The number of carbonyl (C=O) groups is 1. The molecule has 0 saturated heterocycles. The van der Waals surface area contributed by atoms with Crippen LogP contribution in [0, 0.1) is 5.82 Å². The third-order valence-corrected chi connectivity index (χ3v) is 5.83. The lowest BCUT2D eigenvalue weighted by atomic mass is 9.96. The zero-order valence-corrected chi connectivity index (χ0v) is 17.2. The maximum Gasteiger partial charge on any atom is 0.416 e. The van der Waals surface area contributed by atoms with E-state index in [1.54, 1.807) is 4.40 Å². The number of ether oxygens (including phenoxy) is 1. The summed E-state index contributed by atoms with van der Waals surface area (Å²) >= 11 is 0. The molecule has 7 nitrogen and oxygen atoms in total. The maximum atomic E-state index is 14.9. The monoisotopic (exact) mass is 459 g/mol. The quantitative estimate of drug-likeness (QED) is 0.454. The highest BCUT2D eigenvalue weighted by molar-refractivity contribution is 5.98. The second kappa shape index (κ2) is 7.32. The molecule has 3 heterocycles. The van der Waals surface area contributed by atoms with Gasteiger partial charge in [0.25, 0.3) is 5.91 Å². The molecule has 5 rings (SSSR count). The number of alkyl halides is 3. The van der Waals surface area contributed by atoms with E-state index in [0.717, 1.165) is 18.2 Å². The number of nitrogen functional groups attached to an aromatic ring is 1. The lowest BCUT2D eigenvalue weighted by Crippen LogP contribution is -2.35. The molecular weight excluding hydrogens is 442 g/mol. The number of benzene rings is 2. The fraction of sp³-hybridized carbons (Fsp3) is 0.227. The lowest BCUT2D eigenvalue weighted by molar-refractivity contribution is -0.137. The number of nitrogens with two attached hydrogens (primary N) is 1. The van der Waals surface area contributed by atoms with Crippen molar-refractivity contribution in [1.82, 2.24) is 19.3 Å². The van der Waals surface area contributed by atoms with Gasteiger partial charge in [-0.1, -0.05) is 6.07 Å². The van der Waals surface area contributed by atoms with Gasteiger partial charge in [0, 0.05) is 25.1 Å². The largest absolute Gasteiger partial charge is 0.493 e. The van der Waals surface area contributed by atoms with Gasteiger partial charge < -0.3 is 15.4 Å². The average molecular weight is 459 g/mol. The second-order valence-electron chi connectivity index (χ2n) is 7.79. The van der Waals surface area contributed by atoms with Crippen LogP contribution in [0.3, 0.4) is 0 Å². The molecule has 2 aromatic carbocycles. The van der Waals surface area contributed by atoms with Crippen LogP contribution >= 0.6 is 0 Å². The van der Waals surface area contributed by atoms with E-state index >= 15 is 0 Å². The van der Waals surface area contributed by atoms with Crippen molar-refractivity contribution in [2.24, 2.45) is 0 Å². The van der Waals surface area contributed by atoms with Crippen LogP contribution in [-0.4, -0.2) is 38.8 Å². The van der Waals surface area contributed by atoms with Gasteiger partial charge in [-0.3, -0.25) is 9.20 Å². The summed E-state index contributed by atoms with van der Waals surface area (Å²) in [6.45, 7) is 0.121. The molecule has 0 radical (unpaired) electrons. The Balaban J connectivity index is 1.54. The summed E-state index contributed by atoms with van der Waals surface area (Å²) in [7, 11) is 1.48. The molecule has 11 heteroatoms. The third-order valence-electron chi connectivity index (χ3n) is 5.83. The van der Waals surface area contributed by atoms with E-state index < -0.39 is 29.5 Å². The van der Waals surface area contributed by atoms with E-state index in [2.05, 4.69) is 9.97 Å². The number of halogens is 4. The molecule has 1 aliphatic heterocycles. The molecule has 0 saturated carbocycles. The van der Waals surface area contributed by atoms with Crippen LogP contribution in [0.5, 0.6) is 5.75 Å². The number of imidazole rings is 1. The number of hydrogen-bond donors (Lipinski definition) is 1. The van der Waals surface area contributed by atoms with E-state index in [-0.39, 0.29) is 29.3 Å². The highest BCUT2D eigenvalue weighted by Gasteiger charge is 2.35. The minimum atomic E-state index is -4.52. The van der Waals surface area contributed by atoms with Crippen molar-refractivity contribution in [3.63, 3.8) is 0 Å². The molecule has 170 valence electrons. The van der Waals surface area contributed by atoms with Crippen molar-refractivity contribution >= 4 is 28.3 Å². The SMILES string of the molecule is CN(C(=O)c1cc2c(cc1F)nc(N)c1cncn12)C1CCOc2cc(C(F)(F)F)ccc21. The third kappa shape index (κ3) is 3.40. The standard InChI is InChI=1S/C22H17F4N5O2/c1-30(16-4-5-33-19-6-11(22(24,25)26)2-3-12(16)19)21(32)13-7-17-15(8-14(13)23)29-20(27)18-9-28-10-31(17)18/h2-3,6-10,16H,4-5H2,1H3,(H2,27,29). The number of carbonyl (C=O) groups excluding carboxylic acids is 1. The molecule has 0 fully saturated rings. The Morgan fingerprint density at radius 1 is 1.24 bits per heavy atom. The van der Waals surface area contributed by atoms with Crippen molar-refractivity contribution in [1.29, 1.82) is 0 Å². The zero-order chi connectivity index (χ0) is 23.5. The first-order chi connectivity index (χ1) is 15.6. The van der Waals surface area contributed by atoms with Crippen LogP contribution in [0.1, 0.15) is 33.9 Å². The molecule has 0 aliphatic carbocycles. The van der Waals surface area contributed by atoms with Crippen molar-refractivity contribution < 1.29 is 27.1 Å². The Kier molecular flexibility index (Phi) is 4.66. The van der Waals surface area contributed by atoms with Crippen molar-refractivity contribution in [2.45, 2.75) is 18.6 Å². The number of hydrogen-bond acceptors (Lipinski definition) is 5. The van der Waals surface area contributed by atoms with E-state index in [1.165, 1.54) is 36.6 Å². The van der Waals surface area contributed by atoms with Gasteiger partial charge in [-0.15, -0.1) is 0 Å². The molecule has 1 amide bonds. The Morgan fingerprint density at radius 2 is 2.03 bits per heavy atom. The molecule has 1 unspecified atom stereocenters. The lowest BCUT2D eigenvalue weighted by Gasteiger charge is -2.33. The highest BCUT2D eigenvalue weighted by atomic mass is 19.4. The Hall–Kier alpha value is -3.89. The summed E-state index contributed by atoms with van der Waals surface area (Å²) in [6.07, 6.45) is -1.18. The van der Waals surface area contributed by atoms with E-state index in [1.807, 2.05) is 0 Å². The number of anilines is 1. The number of rotatable bonds is 2. The smallest absolute Gasteiger partial charge is 0.416 e. The van der Waals surface area contributed by atoms with Gasteiger partial charge in [-0.25, -0.2) is 14.4 Å². The number of aromatic nitrogens is 3. The Morgan fingerprint density at radius 3 is 2.79 bits per heavy atom. The summed E-state index contributed by atoms with van der Waals surface area (Å²) in [4.78, 5) is 22.8. The molecule has 1 aliphatic rings. The number of amides is 1. The fourth-order valence-electron chi connectivity index (χ4n) is 4.14. The summed E-state index contributed by atoms with van der Waals surface area (Å²) in [5.74, 6) is -1.19. The zero-order valence-electron chi connectivity index (χ0n) is 17.2. The minimum Gasteiger partial charge on any atom is -0.493 e. The summed E-state index contributed by atoms with van der Waals surface area (Å²) < 4.78 is 61.2. The summed E-state index contributed by atoms with van der Waals surface area (Å²) in [5.41, 5.74) is 6.49. The summed E-state index contributed by atoms with van der Waals surface area (Å²) in [5, 5.41) is 0.